The van der Waals surface area contributed by atoms with E-state index in [1.807, 2.05) is 10.0 Å². The van der Waals surface area contributed by atoms with Crippen LogP contribution in [0.3, 0.4) is 0 Å². The lowest BCUT2D eigenvalue weighted by atomic mass is 10.1. The van der Waals surface area contributed by atoms with Crippen LogP contribution in [0, 0.1) is 6.92 Å². The molecule has 2 aromatic carbocycles. The minimum atomic E-state index is -5.04. The van der Waals surface area contributed by atoms with E-state index in [0.29, 0.717) is 12.1 Å². The van der Waals surface area contributed by atoms with Gasteiger partial charge in [0, 0.05) is 5.69 Å². The molecule has 4 nitrogen and oxygen atoms in total. The molecular weight excluding hydrogens is 430 g/mol. The molecule has 0 saturated carbocycles. The molecule has 2 N–H and O–H groups in total. The van der Waals surface area contributed by atoms with Crippen molar-refractivity contribution in [3.05, 3.63) is 59.2 Å². The summed E-state index contributed by atoms with van der Waals surface area (Å²) in [4.78, 5) is -0.178. The van der Waals surface area contributed by atoms with Gasteiger partial charge in [-0.05, 0) is 49.5 Å². The quantitative estimate of drug-likeness (QED) is 0.534. The standard InChI is InChI=1S/C16H12F6N2O2S2/c1-9-2-4-13(5-3-9)28(25,26)24-14(27)23-12-7-10(15(17,18)19)6-11(8-12)16(20,21)22/h2-8H,1H3,(H2,23,24,27). The molecule has 0 aliphatic carbocycles. The molecule has 0 radical (unpaired) electrons. The van der Waals surface area contributed by atoms with E-state index in [1.54, 1.807) is 6.92 Å². The fourth-order valence-electron chi connectivity index (χ4n) is 2.08. The molecule has 0 saturated heterocycles. The highest BCUT2D eigenvalue weighted by Gasteiger charge is 2.37. The molecule has 0 atom stereocenters. The maximum absolute atomic E-state index is 12.9. The first-order valence-electron chi connectivity index (χ1n) is 7.38. The first kappa shape index (κ1) is 22.0. The van der Waals surface area contributed by atoms with E-state index in [9.17, 15) is 34.8 Å². The number of halogens is 6. The number of sulfonamides is 1. The predicted molar refractivity (Wildman–Crippen MR) is 94.2 cm³/mol. The first-order chi connectivity index (χ1) is 12.7. The molecule has 0 heterocycles. The average molecular weight is 442 g/mol. The minimum absolute atomic E-state index is 0.0509. The minimum Gasteiger partial charge on any atom is -0.332 e. The van der Waals surface area contributed by atoms with Gasteiger partial charge in [-0.1, -0.05) is 17.7 Å². The summed E-state index contributed by atoms with van der Waals surface area (Å²) in [5.74, 6) is 0. The van der Waals surface area contributed by atoms with Crippen LogP contribution in [0.15, 0.2) is 47.4 Å². The lowest BCUT2D eigenvalue weighted by molar-refractivity contribution is -0.143. The third-order valence-corrected chi connectivity index (χ3v) is 5.10. The summed E-state index contributed by atoms with van der Waals surface area (Å²) in [6, 6.07) is 6.29. The Morgan fingerprint density at radius 1 is 0.893 bits per heavy atom. The number of hydrogen-bond acceptors (Lipinski definition) is 3. The Bertz CT molecular complexity index is 951. The smallest absolute Gasteiger partial charge is 0.332 e. The number of hydrogen-bond donors (Lipinski definition) is 2. The summed E-state index contributed by atoms with van der Waals surface area (Å²) in [6.45, 7) is 1.72. The van der Waals surface area contributed by atoms with Crippen molar-refractivity contribution in [2.24, 2.45) is 0 Å². The van der Waals surface area contributed by atoms with E-state index < -0.39 is 44.3 Å². The fourth-order valence-corrected chi connectivity index (χ4v) is 3.44. The number of anilines is 1. The molecule has 2 aromatic rings. The number of benzene rings is 2. The van der Waals surface area contributed by atoms with Crippen LogP contribution in [0.5, 0.6) is 0 Å². The van der Waals surface area contributed by atoms with Crippen LogP contribution in [0.2, 0.25) is 0 Å². The first-order valence-corrected chi connectivity index (χ1v) is 9.27. The molecule has 0 aliphatic heterocycles. The van der Waals surface area contributed by atoms with Gasteiger partial charge in [-0.3, -0.25) is 4.72 Å². The van der Waals surface area contributed by atoms with Crippen molar-refractivity contribution in [3.8, 4) is 0 Å². The molecule has 0 unspecified atom stereocenters. The van der Waals surface area contributed by atoms with Gasteiger partial charge in [-0.15, -0.1) is 0 Å². The van der Waals surface area contributed by atoms with Crippen molar-refractivity contribution in [3.63, 3.8) is 0 Å². The molecule has 2 rings (SSSR count). The van der Waals surface area contributed by atoms with Gasteiger partial charge in [0.1, 0.15) is 0 Å². The summed E-state index contributed by atoms with van der Waals surface area (Å²) >= 11 is 4.72. The summed E-state index contributed by atoms with van der Waals surface area (Å²) in [5.41, 5.74) is -3.01. The zero-order valence-electron chi connectivity index (χ0n) is 13.9. The molecule has 12 heteroatoms. The van der Waals surface area contributed by atoms with Crippen LogP contribution in [-0.2, 0) is 22.4 Å². The molecule has 0 spiro atoms. The van der Waals surface area contributed by atoms with Gasteiger partial charge in [0.2, 0.25) is 0 Å². The normalized spacial score (nSPS) is 12.5. The lowest BCUT2D eigenvalue weighted by Gasteiger charge is -2.16. The van der Waals surface area contributed by atoms with Crippen LogP contribution in [0.25, 0.3) is 0 Å². The number of nitrogens with one attached hydrogen (secondary N) is 2. The molecule has 0 bridgehead atoms. The number of alkyl halides is 6. The van der Waals surface area contributed by atoms with Gasteiger partial charge in [0.05, 0.1) is 16.0 Å². The summed E-state index contributed by atoms with van der Waals surface area (Å²) in [6.07, 6.45) is -10.1. The van der Waals surface area contributed by atoms with Gasteiger partial charge >= 0.3 is 12.4 Å². The Kier molecular flexibility index (Phi) is 5.95. The van der Waals surface area contributed by atoms with Crippen LogP contribution < -0.4 is 10.0 Å². The monoisotopic (exact) mass is 442 g/mol. The number of thiocarbonyl (C=S) groups is 1. The lowest BCUT2D eigenvalue weighted by Crippen LogP contribution is -2.34. The SMILES string of the molecule is Cc1ccc(S(=O)(=O)NC(=S)Nc2cc(C(F)(F)F)cc(C(F)(F)F)c2)cc1. The highest BCUT2D eigenvalue weighted by molar-refractivity contribution is 7.92. The predicted octanol–water partition coefficient (Wildman–Crippen LogP) is 4.71. The van der Waals surface area contributed by atoms with Crippen molar-refractivity contribution in [1.29, 1.82) is 0 Å². The van der Waals surface area contributed by atoms with Gasteiger partial charge < -0.3 is 5.32 Å². The number of aryl methyl sites for hydroxylation is 1. The van der Waals surface area contributed by atoms with E-state index in [1.165, 1.54) is 24.3 Å². The maximum Gasteiger partial charge on any atom is 0.416 e. The van der Waals surface area contributed by atoms with E-state index in [2.05, 4.69) is 0 Å². The zero-order valence-corrected chi connectivity index (χ0v) is 15.6. The highest BCUT2D eigenvalue weighted by atomic mass is 32.2. The van der Waals surface area contributed by atoms with Crippen LogP contribution in [0.1, 0.15) is 16.7 Å². The van der Waals surface area contributed by atoms with Gasteiger partial charge in [-0.2, -0.15) is 26.3 Å². The molecule has 152 valence electrons. The summed E-state index contributed by atoms with van der Waals surface area (Å²) < 4.78 is 103. The van der Waals surface area contributed by atoms with Crippen LogP contribution >= 0.6 is 12.2 Å². The fraction of sp³-hybridized carbons (Fsp3) is 0.188. The second-order valence-electron chi connectivity index (χ2n) is 5.67. The second-order valence-corrected chi connectivity index (χ2v) is 7.76. The van der Waals surface area contributed by atoms with E-state index in [0.717, 1.165) is 5.56 Å². The van der Waals surface area contributed by atoms with E-state index in [-0.39, 0.29) is 11.0 Å². The third kappa shape index (κ3) is 5.58. The van der Waals surface area contributed by atoms with Gasteiger partial charge in [0.15, 0.2) is 5.11 Å². The molecule has 0 fully saturated rings. The van der Waals surface area contributed by atoms with E-state index in [4.69, 9.17) is 12.2 Å². The van der Waals surface area contributed by atoms with Crippen molar-refractivity contribution >= 4 is 33.0 Å². The van der Waals surface area contributed by atoms with Gasteiger partial charge in [-0.25, -0.2) is 8.42 Å². The Morgan fingerprint density at radius 3 is 1.79 bits per heavy atom. The molecule has 28 heavy (non-hydrogen) atoms. The Balaban J connectivity index is 2.29. The van der Waals surface area contributed by atoms with Crippen LogP contribution in [0.4, 0.5) is 32.0 Å². The Morgan fingerprint density at radius 2 is 1.36 bits per heavy atom. The van der Waals surface area contributed by atoms with Crippen molar-refractivity contribution < 1.29 is 34.8 Å². The van der Waals surface area contributed by atoms with Crippen molar-refractivity contribution in [1.82, 2.24) is 4.72 Å². The largest absolute Gasteiger partial charge is 0.416 e. The summed E-state index contributed by atoms with van der Waals surface area (Å²) in [5, 5.41) is 1.36. The average Bonchev–Trinajstić information content (AvgIpc) is 2.52. The summed E-state index contributed by atoms with van der Waals surface area (Å²) in [7, 11) is -4.17. The number of rotatable bonds is 3. The van der Waals surface area contributed by atoms with Crippen molar-refractivity contribution in [2.75, 3.05) is 5.32 Å². The zero-order chi connectivity index (χ0) is 21.3. The molecule has 0 aromatic heterocycles. The Labute approximate surface area is 161 Å². The molecule has 0 amide bonds. The molecular formula is C16H12F6N2O2S2. The van der Waals surface area contributed by atoms with Gasteiger partial charge in [0.25, 0.3) is 10.0 Å². The third-order valence-electron chi connectivity index (χ3n) is 3.40. The maximum atomic E-state index is 12.9. The molecule has 0 aliphatic rings. The topological polar surface area (TPSA) is 58.2 Å². The van der Waals surface area contributed by atoms with Crippen LogP contribution in [-0.4, -0.2) is 13.5 Å². The second kappa shape index (κ2) is 7.59. The van der Waals surface area contributed by atoms with Crippen molar-refractivity contribution in [2.45, 2.75) is 24.2 Å². The highest BCUT2D eigenvalue weighted by Crippen LogP contribution is 2.37. The van der Waals surface area contributed by atoms with E-state index >= 15 is 0 Å². The Hall–Kier alpha value is -2.34.